The van der Waals surface area contributed by atoms with Gasteiger partial charge in [-0.25, -0.2) is 9.13 Å². The maximum atomic E-state index is 10.7. The first-order valence-corrected chi connectivity index (χ1v) is 9.11. The van der Waals surface area contributed by atoms with Crippen LogP contribution in [0, 0.1) is 0 Å². The topological polar surface area (TPSA) is 247 Å². The minimum absolute atomic E-state index is 0.497. The highest BCUT2D eigenvalue weighted by atomic mass is 31.3. The summed E-state index contributed by atoms with van der Waals surface area (Å²) in [5.74, 6) is -0.615. The number of rotatable bonds is 4. The van der Waals surface area contributed by atoms with E-state index in [0.29, 0.717) is 0 Å². The van der Waals surface area contributed by atoms with Crippen molar-refractivity contribution >= 4 is 21.6 Å². The lowest BCUT2D eigenvalue weighted by Crippen LogP contribution is -2.62. The number of phosphoric acid groups is 2. The highest BCUT2D eigenvalue weighted by Crippen LogP contribution is 2.53. The normalized spacial score (nSPS) is 31.0. The van der Waals surface area contributed by atoms with Crippen LogP contribution in [-0.4, -0.2) is 78.1 Å². The van der Waals surface area contributed by atoms with E-state index in [0.717, 1.165) is 0 Å². The zero-order chi connectivity index (χ0) is 19.3. The van der Waals surface area contributed by atoms with E-state index in [4.69, 9.17) is 35.2 Å². The summed E-state index contributed by atoms with van der Waals surface area (Å²) in [7, 11) is -10.1. The highest BCUT2D eigenvalue weighted by molar-refractivity contribution is 7.60. The number of nitrogens with two attached hydrogens (primary N) is 1. The van der Waals surface area contributed by atoms with Gasteiger partial charge in [0.2, 0.25) is 6.29 Å². The molecule has 9 N–H and O–H groups in total. The SMILES string of the molecule is CC(=O)OC1O[C@H](CO)[C@@H](O)[C@H](O)[C@H]1N.O=P(O)(O)OP(=O)(O)O. The third kappa shape index (κ3) is 9.13. The summed E-state index contributed by atoms with van der Waals surface area (Å²) in [6.45, 7) is 0.671. The number of esters is 1. The lowest BCUT2D eigenvalue weighted by atomic mass is 9.98. The van der Waals surface area contributed by atoms with Crippen molar-refractivity contribution < 1.29 is 62.6 Å². The molecular weight excluding hydrogens is 380 g/mol. The lowest BCUT2D eigenvalue weighted by molar-refractivity contribution is -0.258. The van der Waals surface area contributed by atoms with Crippen molar-refractivity contribution in [2.75, 3.05) is 6.61 Å². The van der Waals surface area contributed by atoms with E-state index >= 15 is 0 Å². The molecule has 1 heterocycles. The molecule has 0 aromatic carbocycles. The van der Waals surface area contributed by atoms with Crippen LogP contribution in [-0.2, 0) is 27.7 Å². The summed E-state index contributed by atoms with van der Waals surface area (Å²) in [4.78, 5) is 41.7. The van der Waals surface area contributed by atoms with Crippen LogP contribution in [0.25, 0.3) is 0 Å². The summed E-state index contributed by atoms with van der Waals surface area (Å²) in [6, 6.07) is -1.04. The van der Waals surface area contributed by atoms with Crippen LogP contribution < -0.4 is 5.73 Å². The Morgan fingerprint density at radius 3 is 1.88 bits per heavy atom. The molecule has 1 fully saturated rings. The number of carbonyl (C=O) groups is 1. The predicted molar refractivity (Wildman–Crippen MR) is 72.7 cm³/mol. The Balaban J connectivity index is 0.000000506. The molecule has 1 unspecified atom stereocenters. The summed E-state index contributed by atoms with van der Waals surface area (Å²) < 4.78 is 31.9. The molecule has 144 valence electrons. The number of carbonyl (C=O) groups excluding carboxylic acids is 1. The first-order valence-electron chi connectivity index (χ1n) is 6.05. The van der Waals surface area contributed by atoms with E-state index < -0.39 is 58.9 Å². The van der Waals surface area contributed by atoms with Gasteiger partial charge in [0, 0.05) is 6.92 Å². The van der Waals surface area contributed by atoms with Gasteiger partial charge >= 0.3 is 21.6 Å². The lowest BCUT2D eigenvalue weighted by Gasteiger charge is -2.39. The van der Waals surface area contributed by atoms with Gasteiger partial charge in [-0.3, -0.25) is 4.79 Å². The van der Waals surface area contributed by atoms with E-state index in [1.165, 1.54) is 6.92 Å². The van der Waals surface area contributed by atoms with Gasteiger partial charge in [-0.15, -0.1) is 0 Å². The molecule has 0 aromatic rings. The van der Waals surface area contributed by atoms with E-state index in [1.807, 2.05) is 0 Å². The van der Waals surface area contributed by atoms with Gasteiger partial charge in [0.05, 0.1) is 12.6 Å². The molecule has 1 aliphatic heterocycles. The zero-order valence-electron chi connectivity index (χ0n) is 12.1. The largest absolute Gasteiger partial charge is 0.478 e. The van der Waals surface area contributed by atoms with Gasteiger partial charge < -0.3 is 50.1 Å². The van der Waals surface area contributed by atoms with Crippen molar-refractivity contribution in [2.45, 2.75) is 37.6 Å². The maximum absolute atomic E-state index is 10.7. The van der Waals surface area contributed by atoms with Crippen molar-refractivity contribution in [1.82, 2.24) is 0 Å². The highest BCUT2D eigenvalue weighted by Gasteiger charge is 2.43. The molecule has 0 aromatic heterocycles. The van der Waals surface area contributed by atoms with Crippen molar-refractivity contribution in [3.63, 3.8) is 0 Å². The van der Waals surface area contributed by atoms with Crippen LogP contribution in [0.3, 0.4) is 0 Å². The Bertz CT molecular complexity index is 480. The van der Waals surface area contributed by atoms with Gasteiger partial charge in [0.15, 0.2) is 0 Å². The molecule has 0 bridgehead atoms. The van der Waals surface area contributed by atoms with Crippen LogP contribution in [0.1, 0.15) is 6.92 Å². The van der Waals surface area contributed by atoms with Crippen LogP contribution in [0.4, 0.5) is 0 Å². The second kappa shape index (κ2) is 9.29. The fraction of sp³-hybridized carbons (Fsp3) is 0.875. The van der Waals surface area contributed by atoms with Crippen LogP contribution in [0.15, 0.2) is 0 Å². The first-order chi connectivity index (χ1) is 10.7. The molecular formula is C8H19NO13P2. The Hall–Kier alpha value is -0.470. The van der Waals surface area contributed by atoms with E-state index in [2.05, 4.69) is 9.05 Å². The van der Waals surface area contributed by atoms with E-state index in [1.54, 1.807) is 0 Å². The quantitative estimate of drug-likeness (QED) is 0.169. The molecule has 0 saturated carbocycles. The molecule has 1 aliphatic rings. The molecule has 1 saturated heterocycles. The Labute approximate surface area is 135 Å². The van der Waals surface area contributed by atoms with Crippen LogP contribution in [0.2, 0.25) is 0 Å². The number of hydrogen-bond acceptors (Lipinski definition) is 10. The average molecular weight is 399 g/mol. The van der Waals surface area contributed by atoms with Gasteiger partial charge in [-0.05, 0) is 0 Å². The molecule has 0 aliphatic carbocycles. The molecule has 0 radical (unpaired) electrons. The minimum Gasteiger partial charge on any atom is -0.434 e. The van der Waals surface area contributed by atoms with Gasteiger partial charge in [0.1, 0.15) is 18.3 Å². The van der Waals surface area contributed by atoms with Crippen LogP contribution >= 0.6 is 15.6 Å². The average Bonchev–Trinajstić information content (AvgIpc) is 2.35. The Morgan fingerprint density at radius 2 is 1.58 bits per heavy atom. The monoisotopic (exact) mass is 399 g/mol. The Kier molecular flexibility index (Phi) is 9.11. The number of aliphatic hydroxyl groups is 3. The summed E-state index contributed by atoms with van der Waals surface area (Å²) in [5.41, 5.74) is 5.48. The number of aliphatic hydroxyl groups excluding tert-OH is 3. The third-order valence-electron chi connectivity index (χ3n) is 2.42. The molecule has 24 heavy (non-hydrogen) atoms. The number of ether oxygens (including phenoxy) is 2. The van der Waals surface area contributed by atoms with Crippen molar-refractivity contribution in [2.24, 2.45) is 5.73 Å². The first kappa shape index (κ1) is 23.5. The smallest absolute Gasteiger partial charge is 0.434 e. The van der Waals surface area contributed by atoms with E-state index in [-0.39, 0.29) is 0 Å². The van der Waals surface area contributed by atoms with Crippen molar-refractivity contribution in [3.8, 4) is 0 Å². The fourth-order valence-electron chi connectivity index (χ4n) is 1.51. The maximum Gasteiger partial charge on any atom is 0.478 e. The summed E-state index contributed by atoms with van der Waals surface area (Å²) >= 11 is 0. The Morgan fingerprint density at radius 1 is 1.12 bits per heavy atom. The van der Waals surface area contributed by atoms with Gasteiger partial charge in [-0.1, -0.05) is 0 Å². The number of hydrogen-bond donors (Lipinski definition) is 8. The second-order valence-corrected chi connectivity index (χ2v) is 7.07. The molecule has 16 heteroatoms. The minimum atomic E-state index is -5.05. The van der Waals surface area contributed by atoms with Crippen molar-refractivity contribution in [3.05, 3.63) is 0 Å². The molecule has 1 rings (SSSR count). The molecule has 0 amide bonds. The molecule has 5 atom stereocenters. The molecule has 14 nitrogen and oxygen atoms in total. The predicted octanol–water partition coefficient (Wildman–Crippen LogP) is -3.50. The summed E-state index contributed by atoms with van der Waals surface area (Å²) in [6.07, 6.45) is -4.76. The molecule has 0 spiro atoms. The standard InChI is InChI=1S/C8H15NO6.H4O7P2/c1-3(11)14-8-5(9)7(13)6(12)4(2-10)15-8;1-8(2,3)7-9(4,5)6/h4-8,10,12-13H,2,9H2,1H3;(H2,1,2,3)(H2,4,5,6)/t4-,5-,6-,7-,8?;/m1./s1. The fourth-order valence-corrected chi connectivity index (χ4v) is 2.62. The van der Waals surface area contributed by atoms with Crippen LogP contribution in [0.5, 0.6) is 0 Å². The zero-order valence-corrected chi connectivity index (χ0v) is 13.9. The van der Waals surface area contributed by atoms with Gasteiger partial charge in [-0.2, -0.15) is 4.31 Å². The van der Waals surface area contributed by atoms with E-state index in [9.17, 15) is 24.1 Å². The second-order valence-electron chi connectivity index (χ2n) is 4.46. The van der Waals surface area contributed by atoms with Gasteiger partial charge in [0.25, 0.3) is 0 Å². The third-order valence-corrected chi connectivity index (χ3v) is 4.12. The summed E-state index contributed by atoms with van der Waals surface area (Å²) in [5, 5.41) is 27.7. The van der Waals surface area contributed by atoms with Crippen molar-refractivity contribution in [1.29, 1.82) is 0 Å².